The smallest absolute Gasteiger partial charge is 0.229 e. The molecule has 0 bridgehead atoms. The zero-order valence-corrected chi connectivity index (χ0v) is 15.7. The Labute approximate surface area is 163 Å². The van der Waals surface area contributed by atoms with Crippen LogP contribution in [0.1, 0.15) is 43.0 Å². The SMILES string of the molecule is Cc1cc(Nc2cc(C3CCCC3)[nH]n2)nc(Nc2ccc(NC=O)cc2)n1. The molecule has 144 valence electrons. The summed E-state index contributed by atoms with van der Waals surface area (Å²) in [5, 5.41) is 16.6. The van der Waals surface area contributed by atoms with Gasteiger partial charge in [0.05, 0.1) is 0 Å². The Bertz CT molecular complexity index is 945. The minimum Gasteiger partial charge on any atom is -0.329 e. The molecule has 4 N–H and O–H groups in total. The Balaban J connectivity index is 1.46. The number of amides is 1. The first kappa shape index (κ1) is 18.0. The van der Waals surface area contributed by atoms with Gasteiger partial charge in [-0.3, -0.25) is 9.89 Å². The fourth-order valence-electron chi connectivity index (χ4n) is 3.51. The molecule has 1 aliphatic rings. The van der Waals surface area contributed by atoms with Gasteiger partial charge in [-0.05, 0) is 44.0 Å². The summed E-state index contributed by atoms with van der Waals surface area (Å²) in [6.07, 6.45) is 5.68. The lowest BCUT2D eigenvalue weighted by atomic mass is 10.0. The average molecular weight is 377 g/mol. The van der Waals surface area contributed by atoms with Crippen molar-refractivity contribution in [2.75, 3.05) is 16.0 Å². The van der Waals surface area contributed by atoms with Gasteiger partial charge in [0, 0.05) is 40.8 Å². The van der Waals surface area contributed by atoms with Gasteiger partial charge in [-0.2, -0.15) is 10.1 Å². The van der Waals surface area contributed by atoms with Crippen molar-refractivity contribution in [1.29, 1.82) is 0 Å². The molecule has 4 rings (SSSR count). The van der Waals surface area contributed by atoms with E-state index in [-0.39, 0.29) is 0 Å². The molecule has 28 heavy (non-hydrogen) atoms. The first-order chi connectivity index (χ1) is 13.7. The van der Waals surface area contributed by atoms with Crippen molar-refractivity contribution in [3.63, 3.8) is 0 Å². The lowest BCUT2D eigenvalue weighted by Crippen LogP contribution is -2.02. The summed E-state index contributed by atoms with van der Waals surface area (Å²) in [4.78, 5) is 19.5. The Morgan fingerprint density at radius 2 is 1.75 bits per heavy atom. The van der Waals surface area contributed by atoms with Crippen molar-refractivity contribution in [3.05, 3.63) is 47.8 Å². The van der Waals surface area contributed by atoms with Gasteiger partial charge in [-0.15, -0.1) is 0 Å². The van der Waals surface area contributed by atoms with Crippen LogP contribution < -0.4 is 16.0 Å². The lowest BCUT2D eigenvalue weighted by molar-refractivity contribution is -0.105. The third-order valence-corrected chi connectivity index (χ3v) is 4.87. The maximum atomic E-state index is 10.5. The second-order valence-corrected chi connectivity index (χ2v) is 7.00. The number of hydrogen-bond acceptors (Lipinski definition) is 6. The van der Waals surface area contributed by atoms with Crippen LogP contribution in [0, 0.1) is 6.92 Å². The van der Waals surface area contributed by atoms with Crippen LogP contribution in [0.5, 0.6) is 0 Å². The van der Waals surface area contributed by atoms with Crippen LogP contribution in [0.3, 0.4) is 0 Å². The van der Waals surface area contributed by atoms with Crippen LogP contribution in [0.25, 0.3) is 0 Å². The van der Waals surface area contributed by atoms with E-state index in [1.54, 1.807) is 12.1 Å². The van der Waals surface area contributed by atoms with Gasteiger partial charge in [0.25, 0.3) is 0 Å². The second-order valence-electron chi connectivity index (χ2n) is 7.00. The first-order valence-electron chi connectivity index (χ1n) is 9.45. The molecule has 1 aromatic carbocycles. The molecule has 2 aromatic heterocycles. The molecular weight excluding hydrogens is 354 g/mol. The van der Waals surface area contributed by atoms with Gasteiger partial charge in [0.2, 0.25) is 12.4 Å². The van der Waals surface area contributed by atoms with Gasteiger partial charge < -0.3 is 16.0 Å². The minimum atomic E-state index is 0.491. The van der Waals surface area contributed by atoms with Crippen molar-refractivity contribution >= 4 is 35.4 Å². The molecule has 1 amide bonds. The highest BCUT2D eigenvalue weighted by atomic mass is 16.1. The quantitative estimate of drug-likeness (QED) is 0.459. The van der Waals surface area contributed by atoms with Crippen LogP contribution in [0.15, 0.2) is 36.4 Å². The number of H-pyrrole nitrogens is 1. The number of anilines is 5. The highest BCUT2D eigenvalue weighted by Crippen LogP contribution is 2.34. The second kappa shape index (κ2) is 8.08. The van der Waals surface area contributed by atoms with E-state index in [0.29, 0.717) is 24.1 Å². The average Bonchev–Trinajstić information content (AvgIpc) is 3.35. The molecule has 8 nitrogen and oxygen atoms in total. The van der Waals surface area contributed by atoms with Crippen molar-refractivity contribution in [3.8, 4) is 0 Å². The number of aryl methyl sites for hydroxylation is 1. The predicted molar refractivity (Wildman–Crippen MR) is 109 cm³/mol. The highest BCUT2D eigenvalue weighted by Gasteiger charge is 2.19. The normalized spacial score (nSPS) is 14.0. The number of benzene rings is 1. The maximum Gasteiger partial charge on any atom is 0.229 e. The first-order valence-corrected chi connectivity index (χ1v) is 9.45. The number of aromatic amines is 1. The number of carbonyl (C=O) groups is 1. The molecule has 2 heterocycles. The molecule has 0 radical (unpaired) electrons. The summed E-state index contributed by atoms with van der Waals surface area (Å²) >= 11 is 0. The van der Waals surface area contributed by atoms with E-state index in [9.17, 15) is 4.79 Å². The maximum absolute atomic E-state index is 10.5. The van der Waals surface area contributed by atoms with E-state index in [0.717, 1.165) is 22.9 Å². The number of aromatic nitrogens is 4. The largest absolute Gasteiger partial charge is 0.329 e. The summed E-state index contributed by atoms with van der Waals surface area (Å²) in [5.74, 6) is 2.52. The summed E-state index contributed by atoms with van der Waals surface area (Å²) in [6, 6.07) is 11.3. The Morgan fingerprint density at radius 1 is 1.00 bits per heavy atom. The number of rotatable bonds is 7. The Hall–Kier alpha value is -3.42. The fraction of sp³-hybridized carbons (Fsp3) is 0.300. The summed E-state index contributed by atoms with van der Waals surface area (Å²) in [7, 11) is 0. The van der Waals surface area contributed by atoms with E-state index in [2.05, 4.69) is 42.2 Å². The van der Waals surface area contributed by atoms with E-state index in [1.165, 1.54) is 31.4 Å². The molecule has 3 aromatic rings. The molecule has 1 aliphatic carbocycles. The van der Waals surface area contributed by atoms with Crippen LogP contribution in [0.2, 0.25) is 0 Å². The van der Waals surface area contributed by atoms with E-state index in [1.807, 2.05) is 25.1 Å². The number of hydrogen-bond donors (Lipinski definition) is 4. The zero-order valence-electron chi connectivity index (χ0n) is 15.7. The molecular formula is C20H23N7O. The topological polar surface area (TPSA) is 108 Å². The van der Waals surface area contributed by atoms with Crippen molar-refractivity contribution in [1.82, 2.24) is 20.2 Å². The molecule has 0 aliphatic heterocycles. The highest BCUT2D eigenvalue weighted by molar-refractivity contribution is 5.72. The summed E-state index contributed by atoms with van der Waals surface area (Å²) in [6.45, 7) is 1.92. The molecule has 0 spiro atoms. The Kier molecular flexibility index (Phi) is 5.18. The van der Waals surface area contributed by atoms with E-state index >= 15 is 0 Å². The standard InChI is InChI=1S/C20H23N7O/c1-13-10-18(24-19-11-17(26-27-19)14-4-2-3-5-14)25-20(22-13)23-16-8-6-15(7-9-16)21-12-28/h6-12,14H,2-5H2,1H3,(H,21,28)(H3,22,23,24,25,26,27). The van der Waals surface area contributed by atoms with Crippen molar-refractivity contribution in [2.24, 2.45) is 0 Å². The van der Waals surface area contributed by atoms with Crippen LogP contribution in [0.4, 0.5) is 29.0 Å². The minimum absolute atomic E-state index is 0.491. The van der Waals surface area contributed by atoms with Gasteiger partial charge >= 0.3 is 0 Å². The van der Waals surface area contributed by atoms with Gasteiger partial charge in [0.1, 0.15) is 5.82 Å². The third-order valence-electron chi connectivity index (χ3n) is 4.87. The van der Waals surface area contributed by atoms with Gasteiger partial charge in [-0.1, -0.05) is 12.8 Å². The van der Waals surface area contributed by atoms with Gasteiger partial charge in [-0.25, -0.2) is 4.98 Å². The number of nitrogens with zero attached hydrogens (tertiary/aromatic N) is 3. The van der Waals surface area contributed by atoms with Crippen molar-refractivity contribution < 1.29 is 4.79 Å². The predicted octanol–water partition coefficient (Wildman–Crippen LogP) is 4.22. The van der Waals surface area contributed by atoms with Crippen LogP contribution in [-0.4, -0.2) is 26.6 Å². The van der Waals surface area contributed by atoms with E-state index < -0.39 is 0 Å². The monoisotopic (exact) mass is 377 g/mol. The lowest BCUT2D eigenvalue weighted by Gasteiger charge is -2.09. The summed E-state index contributed by atoms with van der Waals surface area (Å²) in [5.41, 5.74) is 3.58. The zero-order chi connectivity index (χ0) is 19.3. The van der Waals surface area contributed by atoms with Crippen LogP contribution in [-0.2, 0) is 4.79 Å². The van der Waals surface area contributed by atoms with Crippen LogP contribution >= 0.6 is 0 Å². The molecule has 1 saturated carbocycles. The molecule has 0 unspecified atom stereocenters. The summed E-state index contributed by atoms with van der Waals surface area (Å²) < 4.78 is 0. The number of nitrogens with one attached hydrogen (secondary N) is 4. The fourth-order valence-corrected chi connectivity index (χ4v) is 3.51. The van der Waals surface area contributed by atoms with E-state index in [4.69, 9.17) is 0 Å². The Morgan fingerprint density at radius 3 is 2.50 bits per heavy atom. The molecule has 1 fully saturated rings. The third kappa shape index (κ3) is 4.28. The van der Waals surface area contributed by atoms with Crippen molar-refractivity contribution in [2.45, 2.75) is 38.5 Å². The molecule has 0 saturated heterocycles. The van der Waals surface area contributed by atoms with Gasteiger partial charge in [0.15, 0.2) is 5.82 Å². The molecule has 0 atom stereocenters. The molecule has 8 heteroatoms. The number of carbonyl (C=O) groups excluding carboxylic acids is 1.